The molecule has 5 heteroatoms. The smallest absolute Gasteiger partial charge is 0.251 e. The molecule has 0 aliphatic heterocycles. The normalized spacial score (nSPS) is 10.9. The SMILES string of the molecule is CCCCCCCCCCCCNC(=O)c1cc(Br)c(C[NH])c(Br)c1. The highest BCUT2D eigenvalue weighted by atomic mass is 79.9. The number of hydrogen-bond donors (Lipinski definition) is 1. The van der Waals surface area contributed by atoms with Crippen LogP contribution in [-0.4, -0.2) is 12.5 Å². The number of carbonyl (C=O) groups excluding carboxylic acids is 1. The zero-order chi connectivity index (χ0) is 18.5. The fourth-order valence-corrected chi connectivity index (χ4v) is 4.29. The second kappa shape index (κ2) is 13.8. The molecule has 1 rings (SSSR count). The van der Waals surface area contributed by atoms with Crippen LogP contribution in [0.1, 0.15) is 87.1 Å². The first-order valence-electron chi connectivity index (χ1n) is 9.50. The Bertz CT molecular complexity index is 497. The van der Waals surface area contributed by atoms with Gasteiger partial charge in [-0.1, -0.05) is 96.6 Å². The Hall–Kier alpha value is -0.390. The van der Waals surface area contributed by atoms with Crippen LogP contribution in [0.4, 0.5) is 0 Å². The molecule has 0 saturated heterocycles. The van der Waals surface area contributed by atoms with Crippen molar-refractivity contribution in [2.75, 3.05) is 6.54 Å². The van der Waals surface area contributed by atoms with Crippen molar-refractivity contribution in [1.29, 1.82) is 0 Å². The van der Waals surface area contributed by atoms with Crippen LogP contribution < -0.4 is 11.1 Å². The molecule has 0 saturated carbocycles. The molecule has 0 aliphatic carbocycles. The zero-order valence-corrected chi connectivity index (χ0v) is 18.5. The van der Waals surface area contributed by atoms with Gasteiger partial charge in [-0.3, -0.25) is 10.5 Å². The lowest BCUT2D eigenvalue weighted by Gasteiger charge is -2.09. The fourth-order valence-electron chi connectivity index (χ4n) is 2.82. The van der Waals surface area contributed by atoms with E-state index in [1.807, 2.05) is 0 Å². The van der Waals surface area contributed by atoms with E-state index < -0.39 is 0 Å². The minimum atomic E-state index is -0.0474. The van der Waals surface area contributed by atoms with Crippen LogP contribution in [0.15, 0.2) is 21.1 Å². The van der Waals surface area contributed by atoms with Crippen molar-refractivity contribution in [1.82, 2.24) is 11.1 Å². The molecule has 0 atom stereocenters. The number of benzene rings is 1. The Morgan fingerprint density at radius 3 is 1.88 bits per heavy atom. The van der Waals surface area contributed by atoms with Crippen LogP contribution >= 0.6 is 31.9 Å². The summed E-state index contributed by atoms with van der Waals surface area (Å²) in [5, 5.41) is 2.99. The number of carbonyl (C=O) groups is 1. The van der Waals surface area contributed by atoms with Crippen molar-refractivity contribution in [3.8, 4) is 0 Å². The van der Waals surface area contributed by atoms with Crippen LogP contribution in [0.25, 0.3) is 0 Å². The Balaban J connectivity index is 2.13. The third-order valence-corrected chi connectivity index (χ3v) is 5.81. The maximum atomic E-state index is 12.2. The maximum absolute atomic E-state index is 12.2. The molecule has 2 N–H and O–H groups in total. The van der Waals surface area contributed by atoms with Crippen LogP contribution in [-0.2, 0) is 6.54 Å². The number of rotatable bonds is 13. The summed E-state index contributed by atoms with van der Waals surface area (Å²) in [4.78, 5) is 12.2. The third kappa shape index (κ3) is 9.20. The van der Waals surface area contributed by atoms with Gasteiger partial charge < -0.3 is 5.32 Å². The molecule has 0 bridgehead atoms. The minimum Gasteiger partial charge on any atom is -0.352 e. The first-order chi connectivity index (χ1) is 12.1. The van der Waals surface area contributed by atoms with Gasteiger partial charge in [-0.05, 0) is 24.1 Å². The molecule has 1 aromatic rings. The predicted octanol–water partition coefficient (Wildman–Crippen LogP) is 6.65. The van der Waals surface area contributed by atoms with E-state index in [-0.39, 0.29) is 12.5 Å². The third-order valence-electron chi connectivity index (χ3n) is 4.40. The van der Waals surface area contributed by atoms with Gasteiger partial charge in [-0.2, -0.15) is 0 Å². The molecule has 0 aromatic heterocycles. The van der Waals surface area contributed by atoms with E-state index in [0.717, 1.165) is 27.5 Å². The van der Waals surface area contributed by atoms with Crippen molar-refractivity contribution >= 4 is 37.8 Å². The lowest BCUT2D eigenvalue weighted by atomic mass is 10.1. The van der Waals surface area contributed by atoms with E-state index in [4.69, 9.17) is 5.73 Å². The van der Waals surface area contributed by atoms with Crippen LogP contribution in [0.3, 0.4) is 0 Å². The van der Waals surface area contributed by atoms with Gasteiger partial charge in [0.05, 0.1) is 0 Å². The highest BCUT2D eigenvalue weighted by Gasteiger charge is 2.11. The molecule has 25 heavy (non-hydrogen) atoms. The van der Waals surface area contributed by atoms with E-state index in [1.165, 1.54) is 57.8 Å². The Morgan fingerprint density at radius 1 is 0.920 bits per heavy atom. The Labute approximate surface area is 169 Å². The molecule has 0 heterocycles. The lowest BCUT2D eigenvalue weighted by Crippen LogP contribution is -2.24. The summed E-state index contributed by atoms with van der Waals surface area (Å²) in [6, 6.07) is 3.59. The molecule has 0 aliphatic rings. The Morgan fingerprint density at radius 2 is 1.40 bits per heavy atom. The van der Waals surface area contributed by atoms with Crippen molar-refractivity contribution < 1.29 is 4.79 Å². The van der Waals surface area contributed by atoms with Gasteiger partial charge in [0, 0.05) is 27.6 Å². The molecule has 1 amide bonds. The molecule has 0 unspecified atom stereocenters. The highest BCUT2D eigenvalue weighted by molar-refractivity contribution is 9.11. The van der Waals surface area contributed by atoms with Gasteiger partial charge in [0.15, 0.2) is 0 Å². The van der Waals surface area contributed by atoms with E-state index in [9.17, 15) is 4.79 Å². The summed E-state index contributed by atoms with van der Waals surface area (Å²) in [6.07, 6.45) is 13.0. The van der Waals surface area contributed by atoms with Crippen molar-refractivity contribution in [3.63, 3.8) is 0 Å². The van der Waals surface area contributed by atoms with E-state index in [0.29, 0.717) is 5.56 Å². The number of halogens is 2. The van der Waals surface area contributed by atoms with E-state index >= 15 is 0 Å². The second-order valence-corrected chi connectivity index (χ2v) is 8.24. The average molecular weight is 475 g/mol. The van der Waals surface area contributed by atoms with Gasteiger partial charge in [-0.25, -0.2) is 0 Å². The zero-order valence-electron chi connectivity index (χ0n) is 15.3. The van der Waals surface area contributed by atoms with Gasteiger partial charge in [0.25, 0.3) is 5.91 Å². The van der Waals surface area contributed by atoms with Crippen molar-refractivity contribution in [3.05, 3.63) is 32.2 Å². The quantitative estimate of drug-likeness (QED) is 0.320. The minimum absolute atomic E-state index is 0.0474. The Kier molecular flexibility index (Phi) is 12.5. The van der Waals surface area contributed by atoms with Gasteiger partial charge >= 0.3 is 0 Å². The van der Waals surface area contributed by atoms with Crippen molar-refractivity contribution in [2.45, 2.75) is 77.7 Å². The van der Waals surface area contributed by atoms with Crippen LogP contribution in [0, 0.1) is 0 Å². The summed E-state index contributed by atoms with van der Waals surface area (Å²) in [5.41, 5.74) is 8.98. The standard InChI is InChI=1S/C20H31Br2N2O/c1-2-3-4-5-6-7-8-9-10-11-12-24-20(25)16-13-18(21)17(15-23)19(22)14-16/h13-14,23H,2-12,15H2,1H3,(H,24,25). The highest BCUT2D eigenvalue weighted by Crippen LogP contribution is 2.27. The summed E-state index contributed by atoms with van der Waals surface area (Å²) in [7, 11) is 0. The molecular formula is C20H31Br2N2O. The molecule has 141 valence electrons. The van der Waals surface area contributed by atoms with E-state index in [2.05, 4.69) is 44.1 Å². The van der Waals surface area contributed by atoms with Crippen LogP contribution in [0.2, 0.25) is 0 Å². The average Bonchev–Trinajstić information content (AvgIpc) is 2.59. The van der Waals surface area contributed by atoms with Gasteiger partial charge in [-0.15, -0.1) is 0 Å². The summed E-state index contributed by atoms with van der Waals surface area (Å²) >= 11 is 6.87. The number of nitrogens with one attached hydrogen (secondary N) is 2. The molecule has 0 spiro atoms. The topological polar surface area (TPSA) is 52.9 Å². The summed E-state index contributed by atoms with van der Waals surface area (Å²) in [5.74, 6) is -0.0474. The molecular weight excluding hydrogens is 444 g/mol. The number of unbranched alkanes of at least 4 members (excludes halogenated alkanes) is 9. The van der Waals surface area contributed by atoms with Crippen LogP contribution in [0.5, 0.6) is 0 Å². The lowest BCUT2D eigenvalue weighted by molar-refractivity contribution is 0.0953. The molecule has 0 fully saturated rings. The van der Waals surface area contributed by atoms with Crippen molar-refractivity contribution in [2.24, 2.45) is 0 Å². The fraction of sp³-hybridized carbons (Fsp3) is 0.650. The van der Waals surface area contributed by atoms with Gasteiger partial charge in [0.1, 0.15) is 0 Å². The number of hydrogen-bond acceptors (Lipinski definition) is 1. The second-order valence-electron chi connectivity index (χ2n) is 6.53. The predicted molar refractivity (Wildman–Crippen MR) is 113 cm³/mol. The largest absolute Gasteiger partial charge is 0.352 e. The van der Waals surface area contributed by atoms with E-state index in [1.54, 1.807) is 12.1 Å². The summed E-state index contributed by atoms with van der Waals surface area (Å²) in [6.45, 7) is 3.16. The monoisotopic (exact) mass is 473 g/mol. The molecule has 1 aromatic carbocycles. The molecule has 3 nitrogen and oxygen atoms in total. The first kappa shape index (κ1) is 22.7. The summed E-state index contributed by atoms with van der Waals surface area (Å²) < 4.78 is 1.61. The molecule has 1 radical (unpaired) electrons. The van der Waals surface area contributed by atoms with Gasteiger partial charge in [0.2, 0.25) is 0 Å². The maximum Gasteiger partial charge on any atom is 0.251 e. The number of amides is 1. The first-order valence-corrected chi connectivity index (χ1v) is 11.1.